The molecule has 0 bridgehead atoms. The van der Waals surface area contributed by atoms with Gasteiger partial charge in [-0.1, -0.05) is 30.3 Å². The Bertz CT molecular complexity index is 567. The molecule has 0 aliphatic rings. The Morgan fingerprint density at radius 3 is 2.62 bits per heavy atom. The number of nitrogens with one attached hydrogen (secondary N) is 1. The number of carboxylic acids is 1. The minimum Gasteiger partial charge on any atom is -0.481 e. The second kappa shape index (κ2) is 7.55. The lowest BCUT2D eigenvalue weighted by Gasteiger charge is -2.09. The van der Waals surface area contributed by atoms with E-state index in [1.54, 1.807) is 13.1 Å². The molecule has 0 aliphatic heterocycles. The summed E-state index contributed by atoms with van der Waals surface area (Å²) >= 11 is 0. The predicted molar refractivity (Wildman–Crippen MR) is 82.1 cm³/mol. The van der Waals surface area contributed by atoms with E-state index in [0.29, 0.717) is 0 Å². The molecule has 2 rings (SSSR count). The van der Waals surface area contributed by atoms with Crippen molar-refractivity contribution in [1.82, 2.24) is 10.3 Å². The van der Waals surface area contributed by atoms with Gasteiger partial charge < -0.3 is 10.4 Å². The molecule has 4 heteroatoms. The molecule has 110 valence electrons. The predicted octanol–water partition coefficient (Wildman–Crippen LogP) is 2.60. The normalized spacial score (nSPS) is 12.0. The zero-order valence-electron chi connectivity index (χ0n) is 12.1. The first-order valence-electron chi connectivity index (χ1n) is 7.08. The molecule has 2 aromatic rings. The maximum Gasteiger partial charge on any atom is 0.310 e. The number of aromatic nitrogens is 1. The lowest BCUT2D eigenvalue weighted by atomic mass is 10.00. The van der Waals surface area contributed by atoms with Gasteiger partial charge in [-0.25, -0.2) is 0 Å². The van der Waals surface area contributed by atoms with Crippen LogP contribution < -0.4 is 5.32 Å². The van der Waals surface area contributed by atoms with Gasteiger partial charge in [-0.15, -0.1) is 0 Å². The third kappa shape index (κ3) is 4.68. The highest BCUT2D eigenvalue weighted by Gasteiger charge is 2.12. The van der Waals surface area contributed by atoms with Crippen LogP contribution >= 0.6 is 0 Å². The summed E-state index contributed by atoms with van der Waals surface area (Å²) < 4.78 is 0. The summed E-state index contributed by atoms with van der Waals surface area (Å²) in [4.78, 5) is 15.0. The summed E-state index contributed by atoms with van der Waals surface area (Å²) in [5.74, 6) is -1.25. The fourth-order valence-electron chi connectivity index (χ4n) is 2.08. The average Bonchev–Trinajstić information content (AvgIpc) is 2.52. The molecule has 0 spiro atoms. The smallest absolute Gasteiger partial charge is 0.310 e. The fraction of sp³-hybridized carbons (Fsp3) is 0.294. The minimum atomic E-state index is -0.794. The lowest BCUT2D eigenvalue weighted by molar-refractivity contribution is -0.138. The van der Waals surface area contributed by atoms with Crippen LogP contribution in [-0.4, -0.2) is 22.6 Å². The molecule has 2 N–H and O–H groups in total. The van der Waals surface area contributed by atoms with Gasteiger partial charge in [0.1, 0.15) is 0 Å². The van der Waals surface area contributed by atoms with Crippen molar-refractivity contribution in [2.75, 3.05) is 6.54 Å². The minimum absolute atomic E-state index is 0.461. The van der Waals surface area contributed by atoms with E-state index in [1.807, 2.05) is 36.5 Å². The van der Waals surface area contributed by atoms with E-state index >= 15 is 0 Å². The van der Waals surface area contributed by atoms with E-state index in [-0.39, 0.29) is 0 Å². The summed E-state index contributed by atoms with van der Waals surface area (Å²) in [6.07, 6.45) is 4.60. The second-order valence-electron chi connectivity index (χ2n) is 5.09. The lowest BCUT2D eigenvalue weighted by Crippen LogP contribution is -2.16. The van der Waals surface area contributed by atoms with Crippen molar-refractivity contribution in [1.29, 1.82) is 0 Å². The van der Waals surface area contributed by atoms with Crippen LogP contribution in [0.4, 0.5) is 0 Å². The van der Waals surface area contributed by atoms with Crippen LogP contribution in [0.2, 0.25) is 0 Å². The van der Waals surface area contributed by atoms with Crippen molar-refractivity contribution in [2.45, 2.75) is 25.8 Å². The van der Waals surface area contributed by atoms with Crippen molar-refractivity contribution < 1.29 is 9.90 Å². The van der Waals surface area contributed by atoms with Crippen molar-refractivity contribution in [3.8, 4) is 0 Å². The number of nitrogens with zero attached hydrogens (tertiary/aromatic N) is 1. The van der Waals surface area contributed by atoms with Crippen LogP contribution in [0.25, 0.3) is 0 Å². The summed E-state index contributed by atoms with van der Waals surface area (Å²) in [6, 6.07) is 11.7. The summed E-state index contributed by atoms with van der Waals surface area (Å²) in [6.45, 7) is 3.37. The first kappa shape index (κ1) is 15.2. The molecule has 0 saturated heterocycles. The third-order valence-corrected chi connectivity index (χ3v) is 3.49. The van der Waals surface area contributed by atoms with E-state index < -0.39 is 11.9 Å². The standard InChI is InChI=1S/C17H20N2O2/c1-13(17(20)21)16-6-4-15(5-7-16)12-19-10-8-14-3-2-9-18-11-14/h2-7,9,11,13,19H,8,10,12H2,1H3,(H,20,21). The number of hydrogen-bond donors (Lipinski definition) is 2. The zero-order chi connectivity index (χ0) is 15.1. The van der Waals surface area contributed by atoms with Gasteiger partial charge in [-0.05, 0) is 42.6 Å². The van der Waals surface area contributed by atoms with Crippen LogP contribution in [0.5, 0.6) is 0 Å². The molecule has 0 aliphatic carbocycles. The molecule has 1 heterocycles. The molecule has 0 fully saturated rings. The molecule has 4 nitrogen and oxygen atoms in total. The third-order valence-electron chi connectivity index (χ3n) is 3.49. The molecular formula is C17H20N2O2. The van der Waals surface area contributed by atoms with Crippen molar-refractivity contribution in [3.63, 3.8) is 0 Å². The van der Waals surface area contributed by atoms with Gasteiger partial charge in [0.05, 0.1) is 5.92 Å². The molecule has 1 aromatic heterocycles. The van der Waals surface area contributed by atoms with Gasteiger partial charge in [0.25, 0.3) is 0 Å². The van der Waals surface area contributed by atoms with E-state index in [4.69, 9.17) is 5.11 Å². The molecule has 0 saturated carbocycles. The number of carbonyl (C=O) groups is 1. The van der Waals surface area contributed by atoms with Crippen molar-refractivity contribution in [2.24, 2.45) is 0 Å². The van der Waals surface area contributed by atoms with Crippen molar-refractivity contribution >= 4 is 5.97 Å². The summed E-state index contributed by atoms with van der Waals surface area (Å²) in [7, 11) is 0. The van der Waals surface area contributed by atoms with E-state index in [2.05, 4.69) is 16.4 Å². The van der Waals surface area contributed by atoms with Crippen LogP contribution in [0, 0.1) is 0 Å². The molecule has 1 unspecified atom stereocenters. The topological polar surface area (TPSA) is 62.2 Å². The molecule has 0 radical (unpaired) electrons. The molecule has 0 amide bonds. The average molecular weight is 284 g/mol. The highest BCUT2D eigenvalue weighted by Crippen LogP contribution is 2.15. The largest absolute Gasteiger partial charge is 0.481 e. The highest BCUT2D eigenvalue weighted by molar-refractivity contribution is 5.75. The van der Waals surface area contributed by atoms with Gasteiger partial charge >= 0.3 is 5.97 Å². The maximum absolute atomic E-state index is 10.9. The molecule has 1 atom stereocenters. The Morgan fingerprint density at radius 1 is 1.24 bits per heavy atom. The van der Waals surface area contributed by atoms with Gasteiger partial charge in [0.15, 0.2) is 0 Å². The van der Waals surface area contributed by atoms with E-state index in [0.717, 1.165) is 30.6 Å². The number of benzene rings is 1. The number of pyridine rings is 1. The number of rotatable bonds is 7. The van der Waals surface area contributed by atoms with Gasteiger partial charge in [-0.3, -0.25) is 9.78 Å². The van der Waals surface area contributed by atoms with Crippen molar-refractivity contribution in [3.05, 3.63) is 65.5 Å². The number of aliphatic carboxylic acids is 1. The molecular weight excluding hydrogens is 264 g/mol. The van der Waals surface area contributed by atoms with Gasteiger partial charge in [-0.2, -0.15) is 0 Å². The second-order valence-corrected chi connectivity index (χ2v) is 5.09. The Hall–Kier alpha value is -2.20. The Kier molecular flexibility index (Phi) is 5.46. The van der Waals surface area contributed by atoms with Crippen LogP contribution in [0.15, 0.2) is 48.8 Å². The summed E-state index contributed by atoms with van der Waals surface area (Å²) in [5, 5.41) is 12.3. The van der Waals surface area contributed by atoms with Crippen LogP contribution in [-0.2, 0) is 17.8 Å². The number of carboxylic acid groups (broad SMARTS) is 1. The van der Waals surface area contributed by atoms with E-state index in [9.17, 15) is 4.79 Å². The Labute approximate surface area is 124 Å². The van der Waals surface area contributed by atoms with Crippen LogP contribution in [0.1, 0.15) is 29.5 Å². The molecule has 1 aromatic carbocycles. The first-order chi connectivity index (χ1) is 10.2. The van der Waals surface area contributed by atoms with E-state index in [1.165, 1.54) is 5.56 Å². The summed E-state index contributed by atoms with van der Waals surface area (Å²) in [5.41, 5.74) is 3.21. The first-order valence-corrected chi connectivity index (χ1v) is 7.08. The SMILES string of the molecule is CC(C(=O)O)c1ccc(CNCCc2cccnc2)cc1. The van der Waals surface area contributed by atoms with Gasteiger partial charge in [0, 0.05) is 18.9 Å². The zero-order valence-corrected chi connectivity index (χ0v) is 12.1. The monoisotopic (exact) mass is 284 g/mol. The molecule has 21 heavy (non-hydrogen) atoms. The number of hydrogen-bond acceptors (Lipinski definition) is 3. The van der Waals surface area contributed by atoms with Gasteiger partial charge in [0.2, 0.25) is 0 Å². The maximum atomic E-state index is 10.9. The van der Waals surface area contributed by atoms with Crippen LogP contribution in [0.3, 0.4) is 0 Å². The Morgan fingerprint density at radius 2 is 2.00 bits per heavy atom. The Balaban J connectivity index is 1.77. The highest BCUT2D eigenvalue weighted by atomic mass is 16.4. The quantitative estimate of drug-likeness (QED) is 0.767. The fourth-order valence-corrected chi connectivity index (χ4v) is 2.08.